The largest absolute Gasteiger partial charge is 0.496 e. The second-order valence-electron chi connectivity index (χ2n) is 5.86. The third-order valence-electron chi connectivity index (χ3n) is 4.13. The molecule has 0 saturated carbocycles. The average Bonchev–Trinajstić information content (AvgIpc) is 3.02. The first-order chi connectivity index (χ1) is 12.6. The Labute approximate surface area is 152 Å². The first-order valence-electron chi connectivity index (χ1n) is 8.15. The molecule has 1 fully saturated rings. The molecule has 1 saturated heterocycles. The Balaban J connectivity index is 0.000000758. The van der Waals surface area contributed by atoms with Crippen LogP contribution in [-0.4, -0.2) is 73.2 Å². The minimum absolute atomic E-state index is 0.163. The molecule has 0 bridgehead atoms. The summed E-state index contributed by atoms with van der Waals surface area (Å²) >= 11 is 0. The summed E-state index contributed by atoms with van der Waals surface area (Å²) in [7, 11) is 5.49. The number of hydrogen-bond acceptors (Lipinski definition) is 7. The molecule has 2 atom stereocenters. The van der Waals surface area contributed by atoms with Gasteiger partial charge < -0.3 is 24.8 Å². The highest BCUT2D eigenvalue weighted by Gasteiger charge is 2.30. The summed E-state index contributed by atoms with van der Waals surface area (Å²) in [6.07, 6.45) is 0.163. The number of nitrogens with zero attached hydrogens (tertiary/aromatic N) is 3. The maximum absolute atomic E-state index is 8.36. The lowest BCUT2D eigenvalue weighted by Crippen LogP contribution is -2.33. The van der Waals surface area contributed by atoms with Crippen molar-refractivity contribution >= 4 is 12.3 Å². The summed E-state index contributed by atoms with van der Waals surface area (Å²) in [5, 5.41) is 18.9. The van der Waals surface area contributed by atoms with E-state index in [0.717, 1.165) is 35.9 Å². The molecule has 8 nitrogen and oxygen atoms in total. The highest BCUT2D eigenvalue weighted by molar-refractivity contribution is 5.67. The molecule has 3 rings (SSSR count). The number of likely N-dealkylation sites (tertiary alicyclic amines) is 1. The second kappa shape index (κ2) is 9.69. The number of ether oxygens (including phenoxy) is 2. The molecular formula is C18H24N4O4. The molecule has 0 spiro atoms. The van der Waals surface area contributed by atoms with Gasteiger partial charge in [-0.15, -0.1) is 10.2 Å². The Kier molecular flexibility index (Phi) is 7.31. The molecule has 2 heterocycles. The van der Waals surface area contributed by atoms with Crippen LogP contribution in [0, 0.1) is 0 Å². The highest BCUT2D eigenvalue weighted by atomic mass is 16.5. The van der Waals surface area contributed by atoms with Crippen molar-refractivity contribution in [1.82, 2.24) is 15.1 Å². The lowest BCUT2D eigenvalue weighted by atomic mass is 10.1. The van der Waals surface area contributed by atoms with Crippen molar-refractivity contribution in [1.29, 1.82) is 0 Å². The van der Waals surface area contributed by atoms with E-state index in [1.54, 1.807) is 14.2 Å². The van der Waals surface area contributed by atoms with Crippen LogP contribution in [0.5, 0.6) is 5.75 Å². The van der Waals surface area contributed by atoms with E-state index in [9.17, 15) is 0 Å². The number of carboxylic acid groups (broad SMARTS) is 1. The fraction of sp³-hybridized carbons (Fsp3) is 0.389. The fourth-order valence-corrected chi connectivity index (χ4v) is 2.94. The molecule has 1 aromatic heterocycles. The van der Waals surface area contributed by atoms with Crippen molar-refractivity contribution in [2.45, 2.75) is 12.1 Å². The molecule has 0 amide bonds. The van der Waals surface area contributed by atoms with Crippen LogP contribution >= 0.6 is 0 Å². The van der Waals surface area contributed by atoms with Gasteiger partial charge in [0, 0.05) is 25.8 Å². The first-order valence-corrected chi connectivity index (χ1v) is 8.15. The fourth-order valence-electron chi connectivity index (χ4n) is 2.94. The van der Waals surface area contributed by atoms with Crippen LogP contribution in [0.4, 0.5) is 5.82 Å². The third kappa shape index (κ3) is 4.90. The highest BCUT2D eigenvalue weighted by Crippen LogP contribution is 2.28. The van der Waals surface area contributed by atoms with Gasteiger partial charge in [0.15, 0.2) is 0 Å². The minimum Gasteiger partial charge on any atom is -0.496 e. The molecule has 1 aliphatic heterocycles. The predicted molar refractivity (Wildman–Crippen MR) is 98.4 cm³/mol. The molecule has 26 heavy (non-hydrogen) atoms. The van der Waals surface area contributed by atoms with Gasteiger partial charge in [0.05, 0.1) is 24.9 Å². The topological polar surface area (TPSA) is 96.8 Å². The molecule has 2 N–H and O–H groups in total. The van der Waals surface area contributed by atoms with Gasteiger partial charge in [0.2, 0.25) is 0 Å². The van der Waals surface area contributed by atoms with Crippen LogP contribution in [0.2, 0.25) is 0 Å². The molecular weight excluding hydrogens is 336 g/mol. The van der Waals surface area contributed by atoms with Crippen LogP contribution in [-0.2, 0) is 9.53 Å². The van der Waals surface area contributed by atoms with Crippen molar-refractivity contribution in [3.8, 4) is 17.0 Å². The number of nitrogens with one attached hydrogen (secondary N) is 1. The normalized spacial score (nSPS) is 19.3. The Morgan fingerprint density at radius 2 is 1.92 bits per heavy atom. The van der Waals surface area contributed by atoms with Gasteiger partial charge in [-0.25, -0.2) is 0 Å². The molecule has 2 aromatic rings. The molecule has 0 radical (unpaired) electrons. The lowest BCUT2D eigenvalue weighted by Gasteiger charge is -2.18. The first kappa shape index (κ1) is 19.6. The van der Waals surface area contributed by atoms with Gasteiger partial charge in [-0.1, -0.05) is 12.1 Å². The Hall–Kier alpha value is -2.71. The number of methoxy groups -OCH3 is 2. The monoisotopic (exact) mass is 360 g/mol. The van der Waals surface area contributed by atoms with Gasteiger partial charge >= 0.3 is 0 Å². The number of carbonyl (C=O) groups is 1. The zero-order valence-electron chi connectivity index (χ0n) is 15.1. The average molecular weight is 360 g/mol. The quantitative estimate of drug-likeness (QED) is 0.776. The summed E-state index contributed by atoms with van der Waals surface area (Å²) in [6.45, 7) is 1.59. The number of rotatable bonds is 5. The molecule has 8 heteroatoms. The standard InChI is InChI=1S/C17H22N4O2.CH2O2/c1-21-10-14(16(11-21)23-3)18-17-9-8-13(19-20-17)12-6-4-5-7-15(12)22-2;2-1-3/h4-9,14,16H,10-11H2,1-3H3,(H,18,20);1H,(H,2,3)/t14-,16-;/m0./s1. The summed E-state index contributed by atoms with van der Waals surface area (Å²) < 4.78 is 10.9. The molecule has 1 aliphatic rings. The Morgan fingerprint density at radius 3 is 2.54 bits per heavy atom. The van der Waals surface area contributed by atoms with Crippen molar-refractivity contribution in [2.24, 2.45) is 0 Å². The zero-order chi connectivity index (χ0) is 18.9. The Morgan fingerprint density at radius 1 is 1.19 bits per heavy atom. The third-order valence-corrected chi connectivity index (χ3v) is 4.13. The van der Waals surface area contributed by atoms with Crippen molar-refractivity contribution < 1.29 is 19.4 Å². The van der Waals surface area contributed by atoms with Crippen LogP contribution in [0.1, 0.15) is 0 Å². The van der Waals surface area contributed by atoms with Crippen LogP contribution in [0.15, 0.2) is 36.4 Å². The SMILES string of the molecule is COc1ccccc1-c1ccc(N[C@H]2CN(C)C[C@@H]2OC)nn1.O=CO. The number of hydrogen-bond donors (Lipinski definition) is 2. The number of para-hydroxylation sites is 1. The van der Waals surface area contributed by atoms with Crippen LogP contribution in [0.3, 0.4) is 0 Å². The maximum atomic E-state index is 8.36. The number of anilines is 1. The summed E-state index contributed by atoms with van der Waals surface area (Å²) in [6, 6.07) is 11.9. The van der Waals surface area contributed by atoms with Gasteiger partial charge in [0.25, 0.3) is 6.47 Å². The van der Waals surface area contributed by atoms with Crippen molar-refractivity contribution in [3.05, 3.63) is 36.4 Å². The maximum Gasteiger partial charge on any atom is 0.290 e. The van der Waals surface area contributed by atoms with E-state index in [1.807, 2.05) is 36.4 Å². The molecule has 1 aromatic carbocycles. The van der Waals surface area contributed by atoms with E-state index in [4.69, 9.17) is 19.4 Å². The summed E-state index contributed by atoms with van der Waals surface area (Å²) in [5.74, 6) is 1.55. The summed E-state index contributed by atoms with van der Waals surface area (Å²) in [4.78, 5) is 10.6. The van der Waals surface area contributed by atoms with Gasteiger partial charge in [-0.2, -0.15) is 0 Å². The van der Waals surface area contributed by atoms with E-state index in [-0.39, 0.29) is 18.6 Å². The number of likely N-dealkylation sites (N-methyl/N-ethyl adjacent to an activating group) is 1. The van der Waals surface area contributed by atoms with Crippen molar-refractivity contribution in [2.75, 3.05) is 39.7 Å². The van der Waals surface area contributed by atoms with Crippen LogP contribution in [0.25, 0.3) is 11.3 Å². The summed E-state index contributed by atoms with van der Waals surface area (Å²) in [5.41, 5.74) is 1.73. The van der Waals surface area contributed by atoms with Crippen LogP contribution < -0.4 is 10.1 Å². The molecule has 0 aliphatic carbocycles. The smallest absolute Gasteiger partial charge is 0.290 e. The second-order valence-corrected chi connectivity index (χ2v) is 5.86. The predicted octanol–water partition coefficient (Wildman–Crippen LogP) is 1.59. The van der Waals surface area contributed by atoms with E-state index in [2.05, 4.69) is 27.5 Å². The van der Waals surface area contributed by atoms with E-state index >= 15 is 0 Å². The molecule has 140 valence electrons. The number of aromatic nitrogens is 2. The Bertz CT molecular complexity index is 696. The number of benzene rings is 1. The van der Waals surface area contributed by atoms with Gasteiger partial charge in [-0.05, 0) is 31.3 Å². The van der Waals surface area contributed by atoms with Gasteiger partial charge in [-0.3, -0.25) is 4.79 Å². The van der Waals surface area contributed by atoms with E-state index in [1.165, 1.54) is 0 Å². The van der Waals surface area contributed by atoms with E-state index in [0.29, 0.717) is 0 Å². The minimum atomic E-state index is -0.250. The zero-order valence-corrected chi connectivity index (χ0v) is 15.1. The lowest BCUT2D eigenvalue weighted by molar-refractivity contribution is -0.122. The van der Waals surface area contributed by atoms with Gasteiger partial charge in [0.1, 0.15) is 11.6 Å². The van der Waals surface area contributed by atoms with Crippen molar-refractivity contribution in [3.63, 3.8) is 0 Å². The molecule has 0 unspecified atom stereocenters. The van der Waals surface area contributed by atoms with E-state index < -0.39 is 0 Å².